The van der Waals surface area contributed by atoms with Crippen molar-refractivity contribution in [2.24, 2.45) is 5.73 Å². The minimum atomic E-state index is -3.38. The molecule has 0 unspecified atom stereocenters. The van der Waals surface area contributed by atoms with Crippen LogP contribution in [-0.2, 0) is 16.4 Å². The Labute approximate surface area is 133 Å². The minimum Gasteiger partial charge on any atom is -0.485 e. The normalized spacial score (nSPS) is 16.7. The van der Waals surface area contributed by atoms with Crippen molar-refractivity contribution < 1.29 is 17.5 Å². The molecule has 0 radical (unpaired) electrons. The second kappa shape index (κ2) is 5.78. The van der Waals surface area contributed by atoms with Gasteiger partial charge in [0.15, 0.2) is 11.6 Å². The van der Waals surface area contributed by atoms with Crippen LogP contribution in [0.4, 0.5) is 10.2 Å². The monoisotopic (exact) mass is 337 g/mol. The van der Waals surface area contributed by atoms with Crippen molar-refractivity contribution in [1.29, 1.82) is 0 Å². The van der Waals surface area contributed by atoms with Gasteiger partial charge in [-0.1, -0.05) is 0 Å². The predicted octanol–water partition coefficient (Wildman–Crippen LogP) is 1.52. The number of anilines is 1. The van der Waals surface area contributed by atoms with Crippen molar-refractivity contribution >= 4 is 15.8 Å². The highest BCUT2D eigenvalue weighted by Crippen LogP contribution is 2.35. The van der Waals surface area contributed by atoms with Crippen LogP contribution in [0.3, 0.4) is 0 Å². The van der Waals surface area contributed by atoms with Crippen molar-refractivity contribution in [1.82, 2.24) is 4.98 Å². The Bertz CT molecular complexity index is 838. The van der Waals surface area contributed by atoms with Gasteiger partial charge in [-0.05, 0) is 29.8 Å². The number of fused-ring (bicyclic) bond motifs is 1. The fourth-order valence-corrected chi connectivity index (χ4v) is 3.00. The third-order valence-electron chi connectivity index (χ3n) is 3.50. The van der Waals surface area contributed by atoms with Crippen LogP contribution in [0.5, 0.6) is 5.75 Å². The number of rotatable bonds is 4. The quantitative estimate of drug-likeness (QED) is 0.882. The van der Waals surface area contributed by atoms with E-state index in [1.807, 2.05) is 6.07 Å². The van der Waals surface area contributed by atoms with E-state index in [4.69, 9.17) is 10.5 Å². The van der Waals surface area contributed by atoms with E-state index in [2.05, 4.69) is 9.71 Å². The van der Waals surface area contributed by atoms with Crippen molar-refractivity contribution in [2.75, 3.05) is 17.5 Å². The molecule has 8 heteroatoms. The molecule has 23 heavy (non-hydrogen) atoms. The largest absolute Gasteiger partial charge is 0.485 e. The Morgan fingerprint density at radius 1 is 1.39 bits per heavy atom. The first-order valence-electron chi connectivity index (χ1n) is 6.99. The van der Waals surface area contributed by atoms with E-state index in [1.165, 1.54) is 18.3 Å². The minimum absolute atomic E-state index is 0.200. The first-order valence-corrected chi connectivity index (χ1v) is 8.88. The van der Waals surface area contributed by atoms with Gasteiger partial charge in [-0.25, -0.2) is 17.8 Å². The van der Waals surface area contributed by atoms with E-state index in [-0.39, 0.29) is 17.7 Å². The van der Waals surface area contributed by atoms with E-state index in [0.29, 0.717) is 24.1 Å². The number of nitrogens with one attached hydrogen (secondary N) is 1. The van der Waals surface area contributed by atoms with E-state index in [1.54, 1.807) is 6.07 Å². The number of halogens is 1. The summed E-state index contributed by atoms with van der Waals surface area (Å²) in [5.74, 6) is 0.0312. The molecule has 0 bridgehead atoms. The highest BCUT2D eigenvalue weighted by molar-refractivity contribution is 7.92. The lowest BCUT2D eigenvalue weighted by atomic mass is 10.0. The Kier molecular flexibility index (Phi) is 3.95. The Balaban J connectivity index is 1.90. The number of aromatic nitrogens is 1. The summed E-state index contributed by atoms with van der Waals surface area (Å²) in [4.78, 5) is 4.03. The van der Waals surface area contributed by atoms with Gasteiger partial charge >= 0.3 is 0 Å². The number of sulfonamides is 1. The third kappa shape index (κ3) is 3.43. The number of benzene rings is 1. The molecule has 3 N–H and O–H groups in total. The standard InChI is InChI=1S/C15H16FN3O3S/c1-23(20,21)19-14-3-2-9(8-18-14)10-4-11-5-12(7-17)22-15(11)13(16)6-10/h2-4,6,8,12H,5,7,17H2,1H3,(H,18,19)/t12-/m1/s1. The summed E-state index contributed by atoms with van der Waals surface area (Å²) in [6.07, 6.45) is 2.91. The molecule has 0 amide bonds. The van der Waals surface area contributed by atoms with Crippen LogP contribution in [0.1, 0.15) is 5.56 Å². The van der Waals surface area contributed by atoms with Gasteiger partial charge in [0.05, 0.1) is 6.26 Å². The van der Waals surface area contributed by atoms with Gasteiger partial charge in [0.2, 0.25) is 10.0 Å². The fraction of sp³-hybridized carbons (Fsp3) is 0.267. The van der Waals surface area contributed by atoms with E-state index >= 15 is 0 Å². The van der Waals surface area contributed by atoms with Crippen LogP contribution >= 0.6 is 0 Å². The maximum Gasteiger partial charge on any atom is 0.230 e. The molecule has 3 rings (SSSR count). The molecular weight excluding hydrogens is 321 g/mol. The van der Waals surface area contributed by atoms with Gasteiger partial charge in [0, 0.05) is 30.3 Å². The van der Waals surface area contributed by atoms with E-state index in [9.17, 15) is 12.8 Å². The molecule has 0 aliphatic carbocycles. The number of hydrogen-bond donors (Lipinski definition) is 2. The van der Waals surface area contributed by atoms with Gasteiger partial charge in [0.1, 0.15) is 11.9 Å². The van der Waals surface area contributed by atoms with Crippen LogP contribution < -0.4 is 15.2 Å². The van der Waals surface area contributed by atoms with Crippen molar-refractivity contribution in [3.05, 3.63) is 41.8 Å². The lowest BCUT2D eigenvalue weighted by Gasteiger charge is -2.08. The first-order chi connectivity index (χ1) is 10.9. The molecule has 122 valence electrons. The molecule has 0 spiro atoms. The molecule has 0 saturated heterocycles. The first kappa shape index (κ1) is 15.7. The molecule has 1 aliphatic rings. The average Bonchev–Trinajstić information content (AvgIpc) is 2.90. The van der Waals surface area contributed by atoms with Crippen LogP contribution in [0.25, 0.3) is 11.1 Å². The molecule has 1 atom stereocenters. The van der Waals surface area contributed by atoms with Gasteiger partial charge in [0.25, 0.3) is 0 Å². The zero-order valence-electron chi connectivity index (χ0n) is 12.4. The molecule has 1 aromatic carbocycles. The van der Waals surface area contributed by atoms with Crippen LogP contribution in [-0.4, -0.2) is 32.3 Å². The van der Waals surface area contributed by atoms with E-state index < -0.39 is 15.8 Å². The summed E-state index contributed by atoms with van der Waals surface area (Å²) in [5.41, 5.74) is 7.67. The van der Waals surface area contributed by atoms with Crippen molar-refractivity contribution in [3.8, 4) is 16.9 Å². The molecule has 2 aromatic rings. The third-order valence-corrected chi connectivity index (χ3v) is 4.08. The molecule has 1 aromatic heterocycles. The van der Waals surface area contributed by atoms with E-state index in [0.717, 1.165) is 11.8 Å². The van der Waals surface area contributed by atoms with Crippen LogP contribution in [0, 0.1) is 5.82 Å². The van der Waals surface area contributed by atoms with Gasteiger partial charge in [-0.15, -0.1) is 0 Å². The zero-order valence-corrected chi connectivity index (χ0v) is 13.2. The number of ether oxygens (including phenoxy) is 1. The summed E-state index contributed by atoms with van der Waals surface area (Å²) in [7, 11) is -3.38. The summed E-state index contributed by atoms with van der Waals surface area (Å²) >= 11 is 0. The van der Waals surface area contributed by atoms with Gasteiger partial charge in [-0.3, -0.25) is 4.72 Å². The Hall–Kier alpha value is -2.19. The highest BCUT2D eigenvalue weighted by Gasteiger charge is 2.25. The summed E-state index contributed by atoms with van der Waals surface area (Å²) < 4.78 is 44.2. The second-order valence-corrected chi connectivity index (χ2v) is 7.18. The topological polar surface area (TPSA) is 94.3 Å². The van der Waals surface area contributed by atoms with Crippen molar-refractivity contribution in [2.45, 2.75) is 12.5 Å². The lowest BCUT2D eigenvalue weighted by Crippen LogP contribution is -2.24. The zero-order chi connectivity index (χ0) is 16.6. The summed E-state index contributed by atoms with van der Waals surface area (Å²) in [5, 5.41) is 0. The molecule has 6 nitrogen and oxygen atoms in total. The number of pyridine rings is 1. The highest BCUT2D eigenvalue weighted by atomic mass is 32.2. The van der Waals surface area contributed by atoms with Gasteiger partial charge in [-0.2, -0.15) is 0 Å². The van der Waals surface area contributed by atoms with Crippen LogP contribution in [0.2, 0.25) is 0 Å². The predicted molar refractivity (Wildman–Crippen MR) is 85.3 cm³/mol. The molecule has 0 fully saturated rings. The molecule has 1 aliphatic heterocycles. The maximum atomic E-state index is 14.2. The van der Waals surface area contributed by atoms with Crippen molar-refractivity contribution in [3.63, 3.8) is 0 Å². The summed E-state index contributed by atoms with van der Waals surface area (Å²) in [6, 6.07) is 6.42. The number of nitrogens with zero attached hydrogens (tertiary/aromatic N) is 1. The lowest BCUT2D eigenvalue weighted by molar-refractivity contribution is 0.232. The smallest absolute Gasteiger partial charge is 0.230 e. The van der Waals surface area contributed by atoms with Crippen LogP contribution in [0.15, 0.2) is 30.5 Å². The SMILES string of the molecule is CS(=O)(=O)Nc1ccc(-c2cc(F)c3c(c2)C[C@H](CN)O3)cn1. The fourth-order valence-electron chi connectivity index (χ4n) is 2.50. The summed E-state index contributed by atoms with van der Waals surface area (Å²) in [6.45, 7) is 0.330. The molecular formula is C15H16FN3O3S. The molecule has 2 heterocycles. The van der Waals surface area contributed by atoms with Gasteiger partial charge < -0.3 is 10.5 Å². The second-order valence-electron chi connectivity index (χ2n) is 5.43. The Morgan fingerprint density at radius 2 is 2.17 bits per heavy atom. The maximum absolute atomic E-state index is 14.2. The molecule has 0 saturated carbocycles. The number of nitrogens with two attached hydrogens (primary N) is 1. The average molecular weight is 337 g/mol. The number of hydrogen-bond acceptors (Lipinski definition) is 5. The Morgan fingerprint density at radius 3 is 2.78 bits per heavy atom.